The van der Waals surface area contributed by atoms with Crippen molar-refractivity contribution in [1.82, 2.24) is 4.31 Å². The molecule has 1 aliphatic heterocycles. The molecule has 2 rings (SSSR count). The summed E-state index contributed by atoms with van der Waals surface area (Å²) in [4.78, 5) is 23.1. The van der Waals surface area contributed by atoms with E-state index >= 15 is 0 Å². The molecule has 8 heteroatoms. The molecule has 114 valence electrons. The fourth-order valence-corrected chi connectivity index (χ4v) is 3.47. The molecule has 21 heavy (non-hydrogen) atoms. The van der Waals surface area contributed by atoms with Crippen molar-refractivity contribution in [3.8, 4) is 0 Å². The second-order valence-corrected chi connectivity index (χ2v) is 6.90. The molecule has 1 heterocycles. The first kappa shape index (κ1) is 15.5. The number of anilines is 1. The summed E-state index contributed by atoms with van der Waals surface area (Å²) in [6.45, 7) is 0.359. The van der Waals surface area contributed by atoms with Crippen molar-refractivity contribution < 1.29 is 18.0 Å². The molecule has 0 aliphatic carbocycles. The minimum absolute atomic E-state index is 0.339. The van der Waals surface area contributed by atoms with Gasteiger partial charge < -0.3 is 11.1 Å². The Balaban J connectivity index is 2.09. The Morgan fingerprint density at radius 2 is 1.90 bits per heavy atom. The van der Waals surface area contributed by atoms with Gasteiger partial charge in [0.2, 0.25) is 21.8 Å². The highest BCUT2D eigenvalue weighted by atomic mass is 32.2. The van der Waals surface area contributed by atoms with Crippen LogP contribution in [0.25, 0.3) is 0 Å². The number of nitrogens with one attached hydrogen (secondary N) is 1. The van der Waals surface area contributed by atoms with Gasteiger partial charge >= 0.3 is 0 Å². The Morgan fingerprint density at radius 1 is 1.29 bits per heavy atom. The number of carbonyl (C=O) groups excluding carboxylic acids is 2. The average molecular weight is 311 g/mol. The summed E-state index contributed by atoms with van der Waals surface area (Å²) < 4.78 is 24.4. The summed E-state index contributed by atoms with van der Waals surface area (Å²) in [7, 11) is -3.40. The van der Waals surface area contributed by atoms with Crippen LogP contribution in [0.15, 0.2) is 24.3 Å². The van der Waals surface area contributed by atoms with Crippen LogP contribution in [-0.4, -0.2) is 43.4 Å². The smallest absolute Gasteiger partial charge is 0.248 e. The van der Waals surface area contributed by atoms with Gasteiger partial charge in [0.05, 0.1) is 6.26 Å². The zero-order valence-corrected chi connectivity index (χ0v) is 12.4. The number of rotatable bonds is 4. The van der Waals surface area contributed by atoms with Crippen LogP contribution in [0.2, 0.25) is 0 Å². The largest absolute Gasteiger partial charge is 0.366 e. The molecule has 2 amide bonds. The molecule has 1 saturated heterocycles. The van der Waals surface area contributed by atoms with E-state index in [1.54, 1.807) is 12.1 Å². The fourth-order valence-electron chi connectivity index (χ4n) is 2.34. The molecule has 7 nitrogen and oxygen atoms in total. The summed E-state index contributed by atoms with van der Waals surface area (Å²) in [5, 5.41) is 2.65. The van der Waals surface area contributed by atoms with Gasteiger partial charge in [-0.25, -0.2) is 8.42 Å². The number of nitrogens with two attached hydrogens (primary N) is 1. The van der Waals surface area contributed by atoms with Crippen molar-refractivity contribution >= 4 is 27.5 Å². The number of hydrogen-bond donors (Lipinski definition) is 2. The van der Waals surface area contributed by atoms with Gasteiger partial charge in [-0.15, -0.1) is 0 Å². The number of hydrogen-bond acceptors (Lipinski definition) is 4. The van der Waals surface area contributed by atoms with Crippen LogP contribution in [-0.2, 0) is 14.8 Å². The first-order valence-electron chi connectivity index (χ1n) is 6.46. The quantitative estimate of drug-likeness (QED) is 0.824. The second kappa shape index (κ2) is 5.82. The van der Waals surface area contributed by atoms with Gasteiger partial charge in [0.1, 0.15) is 6.04 Å². The Labute approximate surface area is 123 Å². The van der Waals surface area contributed by atoms with Crippen molar-refractivity contribution in [1.29, 1.82) is 0 Å². The molecule has 0 unspecified atom stereocenters. The van der Waals surface area contributed by atoms with Crippen LogP contribution in [0.4, 0.5) is 5.69 Å². The normalized spacial score (nSPS) is 19.4. The minimum Gasteiger partial charge on any atom is -0.366 e. The number of nitrogens with zero attached hydrogens (tertiary/aromatic N) is 1. The molecule has 1 aromatic rings. The Morgan fingerprint density at radius 3 is 2.43 bits per heavy atom. The van der Waals surface area contributed by atoms with E-state index in [2.05, 4.69) is 5.32 Å². The van der Waals surface area contributed by atoms with E-state index in [0.29, 0.717) is 30.6 Å². The van der Waals surface area contributed by atoms with Crippen LogP contribution < -0.4 is 11.1 Å². The van der Waals surface area contributed by atoms with Gasteiger partial charge in [0.15, 0.2) is 0 Å². The molecule has 1 fully saturated rings. The lowest BCUT2D eigenvalue weighted by Gasteiger charge is -2.21. The molecular weight excluding hydrogens is 294 g/mol. The molecule has 0 radical (unpaired) electrons. The van der Waals surface area contributed by atoms with E-state index in [1.165, 1.54) is 16.4 Å². The lowest BCUT2D eigenvalue weighted by atomic mass is 10.2. The number of amides is 2. The lowest BCUT2D eigenvalue weighted by molar-refractivity contribution is -0.119. The number of sulfonamides is 1. The van der Waals surface area contributed by atoms with Crippen LogP contribution in [0.1, 0.15) is 23.2 Å². The van der Waals surface area contributed by atoms with Crippen LogP contribution in [0.5, 0.6) is 0 Å². The summed E-state index contributed by atoms with van der Waals surface area (Å²) in [6, 6.07) is 5.42. The summed E-state index contributed by atoms with van der Waals surface area (Å²) in [5.74, 6) is -0.920. The molecule has 1 atom stereocenters. The van der Waals surface area contributed by atoms with Crippen LogP contribution >= 0.6 is 0 Å². The summed E-state index contributed by atoms with van der Waals surface area (Å²) >= 11 is 0. The van der Waals surface area contributed by atoms with Crippen molar-refractivity contribution in [2.24, 2.45) is 5.73 Å². The molecule has 1 aromatic carbocycles. The molecule has 0 spiro atoms. The maximum absolute atomic E-state index is 12.2. The first-order chi connectivity index (χ1) is 9.79. The lowest BCUT2D eigenvalue weighted by Crippen LogP contribution is -2.42. The zero-order chi connectivity index (χ0) is 15.6. The fraction of sp³-hybridized carbons (Fsp3) is 0.385. The third-order valence-corrected chi connectivity index (χ3v) is 4.66. The van der Waals surface area contributed by atoms with Gasteiger partial charge in [-0.2, -0.15) is 4.31 Å². The summed E-state index contributed by atoms with van der Waals surface area (Å²) in [6.07, 6.45) is 2.25. The third-order valence-electron chi connectivity index (χ3n) is 3.37. The minimum atomic E-state index is -3.40. The SMILES string of the molecule is CS(=O)(=O)N1CCC[C@H]1C(=O)Nc1ccc(C(N)=O)cc1. The van der Waals surface area contributed by atoms with Crippen molar-refractivity contribution in [2.75, 3.05) is 18.1 Å². The highest BCUT2D eigenvalue weighted by Gasteiger charge is 2.36. The highest BCUT2D eigenvalue weighted by molar-refractivity contribution is 7.88. The summed E-state index contributed by atoms with van der Waals surface area (Å²) in [5.41, 5.74) is 5.96. The van der Waals surface area contributed by atoms with E-state index in [9.17, 15) is 18.0 Å². The monoisotopic (exact) mass is 311 g/mol. The molecule has 3 N–H and O–H groups in total. The van der Waals surface area contributed by atoms with Crippen molar-refractivity contribution in [2.45, 2.75) is 18.9 Å². The molecule has 1 aliphatic rings. The standard InChI is InChI=1S/C13H17N3O4S/c1-21(19,20)16-8-2-3-11(16)13(18)15-10-6-4-9(5-7-10)12(14)17/h4-7,11H,2-3,8H2,1H3,(H2,14,17)(H,15,18)/t11-/m0/s1. The number of primary amides is 1. The molecule has 0 bridgehead atoms. The third kappa shape index (κ3) is 3.59. The number of carbonyl (C=O) groups is 2. The average Bonchev–Trinajstić information content (AvgIpc) is 2.88. The van der Waals surface area contributed by atoms with Crippen LogP contribution in [0, 0.1) is 0 Å². The number of benzene rings is 1. The van der Waals surface area contributed by atoms with E-state index in [1.807, 2.05) is 0 Å². The Hall–Kier alpha value is -1.93. The first-order valence-corrected chi connectivity index (χ1v) is 8.31. The van der Waals surface area contributed by atoms with E-state index in [-0.39, 0.29) is 5.91 Å². The highest BCUT2D eigenvalue weighted by Crippen LogP contribution is 2.22. The molecular formula is C13H17N3O4S. The van der Waals surface area contributed by atoms with Gasteiger partial charge in [-0.05, 0) is 37.1 Å². The van der Waals surface area contributed by atoms with Gasteiger partial charge in [-0.3, -0.25) is 9.59 Å². The van der Waals surface area contributed by atoms with Gasteiger partial charge in [0, 0.05) is 17.8 Å². The second-order valence-electron chi connectivity index (χ2n) is 4.96. The van der Waals surface area contributed by atoms with E-state index < -0.39 is 22.0 Å². The van der Waals surface area contributed by atoms with Crippen LogP contribution in [0.3, 0.4) is 0 Å². The molecule has 0 aromatic heterocycles. The topological polar surface area (TPSA) is 110 Å². The molecule has 0 saturated carbocycles. The van der Waals surface area contributed by atoms with Crippen molar-refractivity contribution in [3.05, 3.63) is 29.8 Å². The van der Waals surface area contributed by atoms with Gasteiger partial charge in [-0.1, -0.05) is 0 Å². The predicted molar refractivity (Wildman–Crippen MR) is 78.2 cm³/mol. The zero-order valence-electron chi connectivity index (χ0n) is 11.6. The predicted octanol–water partition coefficient (Wildman–Crippen LogP) is 0.148. The van der Waals surface area contributed by atoms with E-state index in [4.69, 9.17) is 5.73 Å². The Kier molecular flexibility index (Phi) is 4.29. The Bertz CT molecular complexity index is 654. The van der Waals surface area contributed by atoms with Crippen molar-refractivity contribution in [3.63, 3.8) is 0 Å². The van der Waals surface area contributed by atoms with E-state index in [0.717, 1.165) is 6.26 Å². The maximum atomic E-state index is 12.2. The van der Waals surface area contributed by atoms with Gasteiger partial charge in [0.25, 0.3) is 0 Å². The maximum Gasteiger partial charge on any atom is 0.248 e.